The molecule has 2 amide bonds. The average molecular weight is 414 g/mol. The molecule has 1 fully saturated rings. The van der Waals surface area contributed by atoms with Gasteiger partial charge in [0.25, 0.3) is 0 Å². The molecule has 3 unspecified atom stereocenters. The van der Waals surface area contributed by atoms with Gasteiger partial charge >= 0.3 is 12.2 Å². The van der Waals surface area contributed by atoms with Crippen molar-refractivity contribution in [2.24, 2.45) is 0 Å². The smallest absolute Gasteiger partial charge is 0.408 e. The monoisotopic (exact) mass is 413 g/mol. The maximum atomic E-state index is 12.4. The lowest BCUT2D eigenvalue weighted by Gasteiger charge is -2.37. The minimum absolute atomic E-state index is 0.229. The second-order valence-electron chi connectivity index (χ2n) is 8.63. The van der Waals surface area contributed by atoms with Crippen molar-refractivity contribution in [2.75, 3.05) is 0 Å². The van der Waals surface area contributed by atoms with Crippen LogP contribution in [0.1, 0.15) is 51.6 Å². The van der Waals surface area contributed by atoms with E-state index in [4.69, 9.17) is 9.47 Å². The Morgan fingerprint density at radius 1 is 1.03 bits per heavy atom. The summed E-state index contributed by atoms with van der Waals surface area (Å²) in [6, 6.07) is 13.5. The number of rotatable bonds is 5. The molecule has 7 nitrogen and oxygen atoms in total. The number of benzene rings is 1. The summed E-state index contributed by atoms with van der Waals surface area (Å²) in [6.45, 7) is 5.85. The third-order valence-corrected chi connectivity index (χ3v) is 5.05. The third-order valence-electron chi connectivity index (χ3n) is 5.05. The first kappa shape index (κ1) is 21.7. The van der Waals surface area contributed by atoms with Crippen LogP contribution >= 0.6 is 0 Å². The van der Waals surface area contributed by atoms with Gasteiger partial charge in [0.2, 0.25) is 0 Å². The predicted octanol–water partition coefficient (Wildman–Crippen LogP) is 4.40. The fraction of sp³-hybridized carbons (Fsp3) is 0.478. The number of aromatic nitrogens is 1. The van der Waals surface area contributed by atoms with E-state index in [-0.39, 0.29) is 12.1 Å². The van der Waals surface area contributed by atoms with Crippen molar-refractivity contribution in [3.8, 4) is 0 Å². The molecular weight excluding hydrogens is 382 g/mol. The van der Waals surface area contributed by atoms with Gasteiger partial charge in [0.15, 0.2) is 0 Å². The number of hydrogen-bond donors (Lipinski definition) is 2. The topological polar surface area (TPSA) is 81.6 Å². The highest BCUT2D eigenvalue weighted by Crippen LogP contribution is 2.31. The van der Waals surface area contributed by atoms with Crippen LogP contribution in [0.4, 0.5) is 9.59 Å². The van der Waals surface area contributed by atoms with E-state index in [0.717, 1.165) is 12.0 Å². The van der Waals surface area contributed by atoms with Crippen LogP contribution in [0.2, 0.25) is 0 Å². The van der Waals surface area contributed by atoms with Gasteiger partial charge in [-0.1, -0.05) is 30.3 Å². The Morgan fingerprint density at radius 3 is 2.40 bits per heavy atom. The number of nitrogens with one attached hydrogen (secondary N) is 2. The van der Waals surface area contributed by atoms with E-state index in [1.807, 2.05) is 75.6 Å². The van der Waals surface area contributed by atoms with Crippen molar-refractivity contribution in [1.82, 2.24) is 15.2 Å². The largest absolute Gasteiger partial charge is 0.444 e. The van der Waals surface area contributed by atoms with Gasteiger partial charge in [-0.05, 0) is 57.7 Å². The van der Waals surface area contributed by atoms with Crippen molar-refractivity contribution in [1.29, 1.82) is 0 Å². The van der Waals surface area contributed by atoms with Gasteiger partial charge in [-0.3, -0.25) is 0 Å². The second-order valence-corrected chi connectivity index (χ2v) is 8.63. The van der Waals surface area contributed by atoms with E-state index in [1.165, 1.54) is 0 Å². The molecule has 0 aliphatic heterocycles. The molecule has 3 atom stereocenters. The molecular formula is C23H31N3O4. The lowest BCUT2D eigenvalue weighted by molar-refractivity contribution is 0.0213. The summed E-state index contributed by atoms with van der Waals surface area (Å²) in [5, 5.41) is 5.70. The molecule has 162 valence electrons. The minimum Gasteiger partial charge on any atom is -0.444 e. The average Bonchev–Trinajstić information content (AvgIpc) is 3.22. The Bertz CT molecular complexity index is 815. The summed E-state index contributed by atoms with van der Waals surface area (Å²) in [6.07, 6.45) is 4.80. The molecule has 1 aromatic carbocycles. The Morgan fingerprint density at radius 2 is 1.73 bits per heavy atom. The summed E-state index contributed by atoms with van der Waals surface area (Å²) in [5.41, 5.74) is 0.399. The standard InChI is InChI=1S/C23H31N3O4/c1-23(2,3)30-22(28)25-19-15-18(26-13-7-8-14-26)11-12-20(19)29-21(27)24-16-17-9-5-4-6-10-17/h4-10,13-14,18-20H,11-12,15-16H2,1-3H3,(H,24,27)(H,25,28). The number of carbonyl (C=O) groups excluding carboxylic acids is 2. The molecule has 0 radical (unpaired) electrons. The molecule has 2 aromatic rings. The molecule has 1 saturated carbocycles. The van der Waals surface area contributed by atoms with Crippen LogP contribution in [0.25, 0.3) is 0 Å². The van der Waals surface area contributed by atoms with Crippen LogP contribution in [0, 0.1) is 0 Å². The van der Waals surface area contributed by atoms with E-state index in [1.54, 1.807) is 0 Å². The highest BCUT2D eigenvalue weighted by molar-refractivity contribution is 5.69. The van der Waals surface area contributed by atoms with Gasteiger partial charge in [0, 0.05) is 25.0 Å². The zero-order valence-corrected chi connectivity index (χ0v) is 17.8. The highest BCUT2D eigenvalue weighted by atomic mass is 16.6. The van der Waals surface area contributed by atoms with Gasteiger partial charge in [0.05, 0.1) is 6.04 Å². The number of ether oxygens (including phenoxy) is 2. The molecule has 1 aliphatic carbocycles. The fourth-order valence-electron chi connectivity index (χ4n) is 3.68. The molecule has 7 heteroatoms. The van der Waals surface area contributed by atoms with Crippen LogP contribution in [-0.4, -0.2) is 34.5 Å². The molecule has 30 heavy (non-hydrogen) atoms. The first-order valence-corrected chi connectivity index (χ1v) is 10.4. The van der Waals surface area contributed by atoms with Crippen LogP contribution in [0.3, 0.4) is 0 Å². The molecule has 0 saturated heterocycles. The van der Waals surface area contributed by atoms with Crippen LogP contribution in [-0.2, 0) is 16.0 Å². The zero-order chi connectivity index (χ0) is 21.6. The van der Waals surface area contributed by atoms with Gasteiger partial charge in [-0.2, -0.15) is 0 Å². The third kappa shape index (κ3) is 6.54. The summed E-state index contributed by atoms with van der Waals surface area (Å²) >= 11 is 0. The first-order chi connectivity index (χ1) is 14.3. The number of amides is 2. The van der Waals surface area contributed by atoms with Crippen molar-refractivity contribution in [3.63, 3.8) is 0 Å². The van der Waals surface area contributed by atoms with Gasteiger partial charge in [-0.15, -0.1) is 0 Å². The molecule has 0 bridgehead atoms. The van der Waals surface area contributed by atoms with E-state index < -0.39 is 23.9 Å². The number of alkyl carbamates (subject to hydrolysis) is 2. The summed E-state index contributed by atoms with van der Waals surface area (Å²) in [7, 11) is 0. The van der Waals surface area contributed by atoms with Crippen LogP contribution in [0.5, 0.6) is 0 Å². The number of hydrogen-bond acceptors (Lipinski definition) is 4. The molecule has 2 N–H and O–H groups in total. The van der Waals surface area contributed by atoms with Crippen LogP contribution < -0.4 is 10.6 Å². The first-order valence-electron chi connectivity index (χ1n) is 10.4. The van der Waals surface area contributed by atoms with Crippen molar-refractivity contribution in [3.05, 3.63) is 60.4 Å². The SMILES string of the molecule is CC(C)(C)OC(=O)NC1CC(n2cccc2)CCC1OC(=O)NCc1ccccc1. The minimum atomic E-state index is -0.595. The molecule has 1 heterocycles. The van der Waals surface area contributed by atoms with Crippen LogP contribution in [0.15, 0.2) is 54.9 Å². The second kappa shape index (κ2) is 9.69. The fourth-order valence-corrected chi connectivity index (χ4v) is 3.68. The summed E-state index contributed by atoms with van der Waals surface area (Å²) < 4.78 is 13.2. The normalized spacial score (nSPS) is 21.5. The zero-order valence-electron chi connectivity index (χ0n) is 17.8. The Hall–Kier alpha value is -2.96. The molecule has 1 aliphatic rings. The Balaban J connectivity index is 1.61. The van der Waals surface area contributed by atoms with E-state index >= 15 is 0 Å². The summed E-state index contributed by atoms with van der Waals surface area (Å²) in [5.74, 6) is 0. The molecule has 1 aromatic heterocycles. The van der Waals surface area contributed by atoms with E-state index in [0.29, 0.717) is 19.4 Å². The van der Waals surface area contributed by atoms with E-state index in [2.05, 4.69) is 15.2 Å². The predicted molar refractivity (Wildman–Crippen MR) is 114 cm³/mol. The lowest BCUT2D eigenvalue weighted by Crippen LogP contribution is -2.51. The molecule has 0 spiro atoms. The molecule has 3 rings (SSSR count). The quantitative estimate of drug-likeness (QED) is 0.761. The number of nitrogens with zero attached hydrogens (tertiary/aromatic N) is 1. The Labute approximate surface area is 177 Å². The van der Waals surface area contributed by atoms with Gasteiger partial charge in [0.1, 0.15) is 11.7 Å². The van der Waals surface area contributed by atoms with E-state index in [9.17, 15) is 9.59 Å². The van der Waals surface area contributed by atoms with Crippen molar-refractivity contribution < 1.29 is 19.1 Å². The van der Waals surface area contributed by atoms with Crippen molar-refractivity contribution >= 4 is 12.2 Å². The highest BCUT2D eigenvalue weighted by Gasteiger charge is 2.35. The Kier molecular flexibility index (Phi) is 7.03. The van der Waals surface area contributed by atoms with Crippen molar-refractivity contribution in [2.45, 2.75) is 70.4 Å². The number of carbonyl (C=O) groups is 2. The van der Waals surface area contributed by atoms with Gasteiger partial charge < -0.3 is 24.7 Å². The summed E-state index contributed by atoms with van der Waals surface area (Å²) in [4.78, 5) is 24.7. The maximum Gasteiger partial charge on any atom is 0.408 e. The van der Waals surface area contributed by atoms with Gasteiger partial charge in [-0.25, -0.2) is 9.59 Å². The lowest BCUT2D eigenvalue weighted by atomic mass is 9.88. The maximum absolute atomic E-state index is 12.4.